The van der Waals surface area contributed by atoms with E-state index in [4.69, 9.17) is 10.5 Å². The van der Waals surface area contributed by atoms with Crippen molar-refractivity contribution in [3.63, 3.8) is 0 Å². The molecule has 0 aliphatic heterocycles. The third kappa shape index (κ3) is 4.53. The Morgan fingerprint density at radius 3 is 2.82 bits per heavy atom. The number of halogens is 2. The van der Waals surface area contributed by atoms with Crippen molar-refractivity contribution in [2.24, 2.45) is 5.73 Å². The molecule has 1 atom stereocenters. The van der Waals surface area contributed by atoms with Crippen LogP contribution in [0.15, 0.2) is 22.7 Å². The SMILES string of the molecule is CCOC(=O)C[C@@H](N)c1cccc(Br)c1O.Cl. The summed E-state index contributed by atoms with van der Waals surface area (Å²) in [4.78, 5) is 11.2. The van der Waals surface area contributed by atoms with E-state index in [9.17, 15) is 9.90 Å². The van der Waals surface area contributed by atoms with Gasteiger partial charge in [-0.15, -0.1) is 12.4 Å². The molecule has 0 aliphatic carbocycles. The molecule has 1 aromatic carbocycles. The molecule has 0 saturated carbocycles. The molecule has 4 nitrogen and oxygen atoms in total. The summed E-state index contributed by atoms with van der Waals surface area (Å²) in [5, 5.41) is 9.73. The van der Waals surface area contributed by atoms with Crippen molar-refractivity contribution in [1.82, 2.24) is 0 Å². The van der Waals surface area contributed by atoms with Crippen LogP contribution >= 0.6 is 28.3 Å². The second-order valence-corrected chi connectivity index (χ2v) is 4.15. The number of benzene rings is 1. The molecular formula is C11H15BrClNO3. The fraction of sp³-hybridized carbons (Fsp3) is 0.364. The average molecular weight is 325 g/mol. The Morgan fingerprint density at radius 1 is 1.59 bits per heavy atom. The van der Waals surface area contributed by atoms with E-state index in [1.54, 1.807) is 25.1 Å². The van der Waals surface area contributed by atoms with E-state index in [1.807, 2.05) is 0 Å². The molecule has 0 fully saturated rings. The molecule has 0 spiro atoms. The first-order valence-electron chi connectivity index (χ1n) is 4.94. The van der Waals surface area contributed by atoms with Crippen molar-refractivity contribution in [1.29, 1.82) is 0 Å². The zero-order chi connectivity index (χ0) is 12.1. The van der Waals surface area contributed by atoms with Gasteiger partial charge in [0.15, 0.2) is 0 Å². The Morgan fingerprint density at radius 2 is 2.24 bits per heavy atom. The van der Waals surface area contributed by atoms with Gasteiger partial charge in [-0.05, 0) is 28.9 Å². The van der Waals surface area contributed by atoms with Crippen LogP contribution in [0.25, 0.3) is 0 Å². The lowest BCUT2D eigenvalue weighted by molar-refractivity contribution is -0.143. The molecular weight excluding hydrogens is 309 g/mol. The molecule has 1 aromatic rings. The van der Waals surface area contributed by atoms with Crippen molar-refractivity contribution in [2.75, 3.05) is 6.61 Å². The van der Waals surface area contributed by atoms with Crippen LogP contribution < -0.4 is 5.73 Å². The number of phenols is 1. The third-order valence-corrected chi connectivity index (χ3v) is 2.75. The normalized spacial score (nSPS) is 11.5. The average Bonchev–Trinajstić information content (AvgIpc) is 2.22. The molecule has 17 heavy (non-hydrogen) atoms. The van der Waals surface area contributed by atoms with E-state index in [0.717, 1.165) is 0 Å². The maximum Gasteiger partial charge on any atom is 0.307 e. The molecule has 0 aromatic heterocycles. The zero-order valence-electron chi connectivity index (χ0n) is 9.35. The molecule has 6 heteroatoms. The first-order chi connectivity index (χ1) is 7.56. The highest BCUT2D eigenvalue weighted by Crippen LogP contribution is 2.31. The first-order valence-corrected chi connectivity index (χ1v) is 5.74. The van der Waals surface area contributed by atoms with Gasteiger partial charge in [-0.3, -0.25) is 4.79 Å². The lowest BCUT2D eigenvalue weighted by Crippen LogP contribution is -2.17. The molecule has 96 valence electrons. The predicted octanol–water partition coefficient (Wildman–Crippen LogP) is 2.53. The Bertz CT molecular complexity index is 387. The summed E-state index contributed by atoms with van der Waals surface area (Å²) in [6, 6.07) is 4.58. The molecule has 3 N–H and O–H groups in total. The second kappa shape index (κ2) is 7.53. The van der Waals surface area contributed by atoms with Crippen molar-refractivity contribution in [3.8, 4) is 5.75 Å². The topological polar surface area (TPSA) is 72.5 Å². The van der Waals surface area contributed by atoms with Crippen molar-refractivity contribution < 1.29 is 14.6 Å². The van der Waals surface area contributed by atoms with E-state index >= 15 is 0 Å². The van der Waals surface area contributed by atoms with Gasteiger partial charge < -0.3 is 15.6 Å². The number of carbonyl (C=O) groups is 1. The number of para-hydroxylation sites is 1. The fourth-order valence-electron chi connectivity index (χ4n) is 1.34. The minimum Gasteiger partial charge on any atom is -0.506 e. The molecule has 0 aliphatic rings. The molecule has 0 saturated heterocycles. The van der Waals surface area contributed by atoms with E-state index < -0.39 is 6.04 Å². The Hall–Kier alpha value is -0.780. The Kier molecular flexibility index (Phi) is 7.18. The molecule has 0 amide bonds. The van der Waals surface area contributed by atoms with Gasteiger partial charge in [-0.2, -0.15) is 0 Å². The lowest BCUT2D eigenvalue weighted by atomic mass is 10.0. The van der Waals surface area contributed by atoms with E-state index in [1.165, 1.54) is 0 Å². The van der Waals surface area contributed by atoms with Gasteiger partial charge in [0.25, 0.3) is 0 Å². The number of hydrogen-bond donors (Lipinski definition) is 2. The number of esters is 1. The third-order valence-electron chi connectivity index (χ3n) is 2.11. The summed E-state index contributed by atoms with van der Waals surface area (Å²) >= 11 is 3.19. The number of rotatable bonds is 4. The van der Waals surface area contributed by atoms with Gasteiger partial charge in [0.1, 0.15) is 5.75 Å². The Balaban J connectivity index is 0.00000256. The maximum atomic E-state index is 11.2. The summed E-state index contributed by atoms with van der Waals surface area (Å²) < 4.78 is 5.35. The van der Waals surface area contributed by atoms with Gasteiger partial charge in [0.2, 0.25) is 0 Å². The highest BCUT2D eigenvalue weighted by molar-refractivity contribution is 9.10. The minimum atomic E-state index is -0.559. The summed E-state index contributed by atoms with van der Waals surface area (Å²) in [5.74, 6) is -0.298. The van der Waals surface area contributed by atoms with Crippen LogP contribution in [0.5, 0.6) is 5.75 Å². The highest BCUT2D eigenvalue weighted by Gasteiger charge is 2.16. The molecule has 0 heterocycles. The van der Waals surface area contributed by atoms with Crippen LogP contribution in [0.1, 0.15) is 24.9 Å². The minimum absolute atomic E-state index is 0. The van der Waals surface area contributed by atoms with Crippen molar-refractivity contribution >= 4 is 34.3 Å². The lowest BCUT2D eigenvalue weighted by Gasteiger charge is -2.13. The highest BCUT2D eigenvalue weighted by atomic mass is 79.9. The van der Waals surface area contributed by atoms with Gasteiger partial charge in [0, 0.05) is 11.6 Å². The van der Waals surface area contributed by atoms with Gasteiger partial charge in [0.05, 0.1) is 17.5 Å². The number of ether oxygens (including phenoxy) is 1. The summed E-state index contributed by atoms with van der Waals surface area (Å²) in [5.41, 5.74) is 6.34. The molecule has 0 bridgehead atoms. The van der Waals surface area contributed by atoms with Crippen LogP contribution in [-0.4, -0.2) is 17.7 Å². The number of aromatic hydroxyl groups is 1. The molecule has 1 rings (SSSR count). The fourth-order valence-corrected chi connectivity index (χ4v) is 1.72. The van der Waals surface area contributed by atoms with Crippen molar-refractivity contribution in [2.45, 2.75) is 19.4 Å². The predicted molar refractivity (Wildman–Crippen MR) is 71.2 cm³/mol. The van der Waals surface area contributed by atoms with Crippen LogP contribution in [-0.2, 0) is 9.53 Å². The van der Waals surface area contributed by atoms with Crippen LogP contribution in [0.3, 0.4) is 0 Å². The second-order valence-electron chi connectivity index (χ2n) is 3.29. The van der Waals surface area contributed by atoms with Crippen LogP contribution in [0, 0.1) is 0 Å². The zero-order valence-corrected chi connectivity index (χ0v) is 11.8. The smallest absolute Gasteiger partial charge is 0.307 e. The van der Waals surface area contributed by atoms with E-state index in [0.29, 0.717) is 16.6 Å². The number of phenolic OH excluding ortho intramolecular Hbond substituents is 1. The first kappa shape index (κ1) is 16.2. The van der Waals surface area contributed by atoms with Gasteiger partial charge in [-0.1, -0.05) is 12.1 Å². The largest absolute Gasteiger partial charge is 0.506 e. The van der Waals surface area contributed by atoms with Gasteiger partial charge >= 0.3 is 5.97 Å². The van der Waals surface area contributed by atoms with Crippen LogP contribution in [0.2, 0.25) is 0 Å². The van der Waals surface area contributed by atoms with E-state index in [-0.39, 0.29) is 30.5 Å². The van der Waals surface area contributed by atoms with Crippen molar-refractivity contribution in [3.05, 3.63) is 28.2 Å². The number of hydrogen-bond acceptors (Lipinski definition) is 4. The standard InChI is InChI=1S/C11H14BrNO3.ClH/c1-2-16-10(14)6-9(13)7-4-3-5-8(12)11(7)15;/h3-5,9,15H,2,6,13H2,1H3;1H/t9-;/m1./s1. The number of carbonyl (C=O) groups excluding carboxylic acids is 1. The van der Waals surface area contributed by atoms with E-state index in [2.05, 4.69) is 15.9 Å². The molecule has 0 radical (unpaired) electrons. The van der Waals surface area contributed by atoms with Gasteiger partial charge in [-0.25, -0.2) is 0 Å². The number of nitrogens with two attached hydrogens (primary N) is 1. The monoisotopic (exact) mass is 323 g/mol. The summed E-state index contributed by atoms with van der Waals surface area (Å²) in [6.45, 7) is 2.07. The van der Waals surface area contributed by atoms with Crippen LogP contribution in [0.4, 0.5) is 0 Å². The quantitative estimate of drug-likeness (QED) is 0.835. The Labute approximate surface area is 115 Å². The molecule has 0 unspecified atom stereocenters. The summed E-state index contributed by atoms with van der Waals surface area (Å²) in [6.07, 6.45) is 0.0534. The maximum absolute atomic E-state index is 11.2. The summed E-state index contributed by atoms with van der Waals surface area (Å²) in [7, 11) is 0.